The average Bonchev–Trinajstić information content (AvgIpc) is 2.68. The molecule has 0 aliphatic rings. The summed E-state index contributed by atoms with van der Waals surface area (Å²) < 4.78 is 5.65. The summed E-state index contributed by atoms with van der Waals surface area (Å²) in [7, 11) is 0. The maximum absolute atomic E-state index is 12.8. The first-order chi connectivity index (χ1) is 14.3. The summed E-state index contributed by atoms with van der Waals surface area (Å²) in [6, 6.07) is 14.8. The number of ether oxygens (including phenoxy) is 1. The van der Waals surface area contributed by atoms with Crippen molar-refractivity contribution in [2.45, 2.75) is 59.6 Å². The van der Waals surface area contributed by atoms with E-state index in [0.29, 0.717) is 24.9 Å². The van der Waals surface area contributed by atoms with E-state index < -0.39 is 6.04 Å². The second-order valence-corrected chi connectivity index (χ2v) is 8.32. The largest absolute Gasteiger partial charge is 0.491 e. The Balaban J connectivity index is 1.91. The highest BCUT2D eigenvalue weighted by molar-refractivity contribution is 5.98. The summed E-state index contributed by atoms with van der Waals surface area (Å²) in [4.78, 5) is 25.4. The topological polar surface area (TPSA) is 67.4 Å². The highest BCUT2D eigenvalue weighted by Crippen LogP contribution is 2.14. The third-order valence-corrected chi connectivity index (χ3v) is 4.73. The Kier molecular flexibility index (Phi) is 8.90. The van der Waals surface area contributed by atoms with Gasteiger partial charge in [-0.1, -0.05) is 44.2 Å². The summed E-state index contributed by atoms with van der Waals surface area (Å²) in [6.45, 7) is 10.5. The molecule has 0 saturated carbocycles. The second-order valence-electron chi connectivity index (χ2n) is 8.32. The van der Waals surface area contributed by atoms with Gasteiger partial charge in [0.25, 0.3) is 5.91 Å². The number of nitrogens with one attached hydrogen (secondary N) is 2. The lowest BCUT2D eigenvalue weighted by Crippen LogP contribution is -2.48. The smallest absolute Gasteiger partial charge is 0.252 e. The molecule has 0 aromatic heterocycles. The van der Waals surface area contributed by atoms with Crippen LogP contribution in [0.2, 0.25) is 0 Å². The van der Waals surface area contributed by atoms with Crippen molar-refractivity contribution in [1.82, 2.24) is 10.6 Å². The molecule has 1 unspecified atom stereocenters. The minimum atomic E-state index is -0.557. The first-order valence-corrected chi connectivity index (χ1v) is 10.7. The highest BCUT2D eigenvalue weighted by Gasteiger charge is 2.22. The molecule has 5 nitrogen and oxygen atoms in total. The molecule has 5 heteroatoms. The van der Waals surface area contributed by atoms with Crippen molar-refractivity contribution in [2.24, 2.45) is 5.92 Å². The van der Waals surface area contributed by atoms with Gasteiger partial charge in [-0.05, 0) is 68.9 Å². The molecule has 0 bridgehead atoms. The molecule has 0 radical (unpaired) electrons. The van der Waals surface area contributed by atoms with E-state index in [4.69, 9.17) is 4.74 Å². The molecule has 1 atom stereocenters. The number of rotatable bonds is 10. The molecule has 0 saturated heterocycles. The Hall–Kier alpha value is -2.82. The Morgan fingerprint density at radius 1 is 0.967 bits per heavy atom. The van der Waals surface area contributed by atoms with Crippen molar-refractivity contribution in [3.63, 3.8) is 0 Å². The fourth-order valence-corrected chi connectivity index (χ4v) is 3.23. The fraction of sp³-hybridized carbons (Fsp3) is 0.440. The minimum absolute atomic E-state index is 0.142. The van der Waals surface area contributed by atoms with Crippen molar-refractivity contribution in [1.29, 1.82) is 0 Å². The first kappa shape index (κ1) is 23.5. The van der Waals surface area contributed by atoms with Gasteiger partial charge in [0, 0.05) is 12.1 Å². The van der Waals surface area contributed by atoms with Crippen LogP contribution in [-0.4, -0.2) is 30.5 Å². The van der Waals surface area contributed by atoms with Crippen LogP contribution < -0.4 is 15.4 Å². The maximum Gasteiger partial charge on any atom is 0.252 e. The number of carbonyl (C=O) groups excluding carboxylic acids is 2. The van der Waals surface area contributed by atoms with Crippen LogP contribution in [0.3, 0.4) is 0 Å². The van der Waals surface area contributed by atoms with E-state index in [9.17, 15) is 9.59 Å². The lowest BCUT2D eigenvalue weighted by Gasteiger charge is -2.21. The molecule has 0 spiro atoms. The van der Waals surface area contributed by atoms with Gasteiger partial charge in [0.15, 0.2) is 0 Å². The summed E-state index contributed by atoms with van der Waals surface area (Å²) >= 11 is 0. The Morgan fingerprint density at radius 3 is 2.23 bits per heavy atom. The quantitative estimate of drug-likeness (QED) is 0.614. The third kappa shape index (κ3) is 7.54. The molecule has 2 aromatic carbocycles. The molecule has 0 aliphatic heterocycles. The van der Waals surface area contributed by atoms with E-state index in [1.165, 1.54) is 0 Å². The predicted octanol–water partition coefficient (Wildman–Crippen LogP) is 4.29. The molecule has 0 fully saturated rings. The van der Waals surface area contributed by atoms with Gasteiger partial charge in [0.1, 0.15) is 11.8 Å². The molecular weight excluding hydrogens is 376 g/mol. The van der Waals surface area contributed by atoms with Crippen LogP contribution in [0, 0.1) is 12.8 Å². The van der Waals surface area contributed by atoms with Gasteiger partial charge < -0.3 is 15.4 Å². The van der Waals surface area contributed by atoms with Crippen LogP contribution in [-0.2, 0) is 11.2 Å². The van der Waals surface area contributed by atoms with Gasteiger partial charge >= 0.3 is 0 Å². The molecule has 2 N–H and O–H groups in total. The maximum atomic E-state index is 12.8. The molecule has 162 valence electrons. The summed E-state index contributed by atoms with van der Waals surface area (Å²) in [6.07, 6.45) is 1.45. The molecular formula is C25H34N2O3. The number of amides is 2. The van der Waals surface area contributed by atoms with Crippen LogP contribution >= 0.6 is 0 Å². The number of benzene rings is 2. The van der Waals surface area contributed by atoms with E-state index in [-0.39, 0.29) is 23.8 Å². The van der Waals surface area contributed by atoms with E-state index in [1.807, 2.05) is 77.1 Å². The number of carbonyl (C=O) groups is 2. The van der Waals surface area contributed by atoms with Gasteiger partial charge in [-0.15, -0.1) is 0 Å². The standard InChI is InChI=1S/C25H34N2O3/c1-17(2)16-23(27-24(28)22-9-7-6-8-19(22)5)25(29)26-15-14-20-10-12-21(13-11-20)30-18(3)4/h6-13,17-18,23H,14-16H2,1-5H3,(H,26,29)(H,27,28). The molecule has 30 heavy (non-hydrogen) atoms. The van der Waals surface area contributed by atoms with Crippen molar-refractivity contribution in [2.75, 3.05) is 6.54 Å². The minimum Gasteiger partial charge on any atom is -0.491 e. The molecule has 0 aliphatic carbocycles. The van der Waals surface area contributed by atoms with Crippen molar-refractivity contribution in [3.8, 4) is 5.75 Å². The number of hydrogen-bond donors (Lipinski definition) is 2. The Morgan fingerprint density at radius 2 is 1.63 bits per heavy atom. The summed E-state index contributed by atoms with van der Waals surface area (Å²) in [5.74, 6) is 0.764. The predicted molar refractivity (Wildman–Crippen MR) is 121 cm³/mol. The lowest BCUT2D eigenvalue weighted by atomic mass is 10.0. The zero-order chi connectivity index (χ0) is 22.1. The zero-order valence-electron chi connectivity index (χ0n) is 18.7. The van der Waals surface area contributed by atoms with Gasteiger partial charge in [-0.3, -0.25) is 9.59 Å². The molecule has 2 rings (SSSR count). The van der Waals surface area contributed by atoms with Crippen LogP contribution in [0.1, 0.15) is 55.6 Å². The van der Waals surface area contributed by atoms with Crippen molar-refractivity contribution >= 4 is 11.8 Å². The second kappa shape index (κ2) is 11.4. The first-order valence-electron chi connectivity index (χ1n) is 10.7. The van der Waals surface area contributed by atoms with Gasteiger partial charge in [-0.2, -0.15) is 0 Å². The SMILES string of the molecule is Cc1ccccc1C(=O)NC(CC(C)C)C(=O)NCCc1ccc(OC(C)C)cc1. The van der Waals surface area contributed by atoms with E-state index in [1.54, 1.807) is 6.07 Å². The molecule has 2 amide bonds. The van der Waals surface area contributed by atoms with Crippen LogP contribution in [0.25, 0.3) is 0 Å². The van der Waals surface area contributed by atoms with Crippen LogP contribution in [0.15, 0.2) is 48.5 Å². The normalized spacial score (nSPS) is 12.0. The summed E-state index contributed by atoms with van der Waals surface area (Å²) in [5, 5.41) is 5.88. The Bertz CT molecular complexity index is 829. The molecule has 0 heterocycles. The number of aryl methyl sites for hydroxylation is 1. The van der Waals surface area contributed by atoms with Gasteiger partial charge in [-0.25, -0.2) is 0 Å². The van der Waals surface area contributed by atoms with Crippen LogP contribution in [0.4, 0.5) is 0 Å². The van der Waals surface area contributed by atoms with E-state index in [2.05, 4.69) is 10.6 Å². The highest BCUT2D eigenvalue weighted by atomic mass is 16.5. The van der Waals surface area contributed by atoms with E-state index >= 15 is 0 Å². The van der Waals surface area contributed by atoms with Gasteiger partial charge in [0.05, 0.1) is 6.10 Å². The van der Waals surface area contributed by atoms with Crippen molar-refractivity contribution < 1.29 is 14.3 Å². The lowest BCUT2D eigenvalue weighted by molar-refractivity contribution is -0.123. The van der Waals surface area contributed by atoms with Gasteiger partial charge in [0.2, 0.25) is 5.91 Å². The third-order valence-electron chi connectivity index (χ3n) is 4.73. The zero-order valence-corrected chi connectivity index (χ0v) is 18.7. The monoisotopic (exact) mass is 410 g/mol. The average molecular weight is 411 g/mol. The van der Waals surface area contributed by atoms with Crippen molar-refractivity contribution in [3.05, 3.63) is 65.2 Å². The van der Waals surface area contributed by atoms with E-state index in [0.717, 1.165) is 16.9 Å². The Labute approximate surface area is 180 Å². The number of hydrogen-bond acceptors (Lipinski definition) is 3. The molecule has 2 aromatic rings. The fourth-order valence-electron chi connectivity index (χ4n) is 3.23. The van der Waals surface area contributed by atoms with Crippen LogP contribution in [0.5, 0.6) is 5.75 Å². The summed E-state index contributed by atoms with van der Waals surface area (Å²) in [5.41, 5.74) is 2.61.